The standard InChI is InChI=1S/C14H29N3/c1-3-7-17(8-4-2)14(12-15)6-10-16-9-5-13(14)11-16/h13H,3-12,15H2,1-2H3. The van der Waals surface area contributed by atoms with Gasteiger partial charge in [0.25, 0.3) is 0 Å². The Kier molecular flexibility index (Phi) is 4.45. The van der Waals surface area contributed by atoms with E-state index in [1.165, 1.54) is 58.4 Å². The molecule has 0 aromatic carbocycles. The molecule has 2 N–H and O–H groups in total. The molecule has 0 aromatic rings. The Hall–Kier alpha value is -0.120. The minimum atomic E-state index is 0.318. The average Bonchev–Trinajstić information content (AvgIpc) is 2.75. The van der Waals surface area contributed by atoms with Crippen LogP contribution in [-0.4, -0.2) is 54.6 Å². The van der Waals surface area contributed by atoms with Crippen LogP contribution in [0, 0.1) is 5.92 Å². The molecule has 2 fully saturated rings. The van der Waals surface area contributed by atoms with E-state index in [0.29, 0.717) is 5.54 Å². The largest absolute Gasteiger partial charge is 0.329 e. The van der Waals surface area contributed by atoms with Crippen molar-refractivity contribution < 1.29 is 0 Å². The molecule has 17 heavy (non-hydrogen) atoms. The van der Waals surface area contributed by atoms with Crippen LogP contribution in [0.2, 0.25) is 0 Å². The van der Waals surface area contributed by atoms with E-state index in [1.54, 1.807) is 0 Å². The summed E-state index contributed by atoms with van der Waals surface area (Å²) in [6, 6.07) is 0. The first kappa shape index (κ1) is 13.3. The fourth-order valence-electron chi connectivity index (χ4n) is 3.94. The maximum Gasteiger partial charge on any atom is 0.0384 e. The lowest BCUT2D eigenvalue weighted by Crippen LogP contribution is -2.62. The Morgan fingerprint density at radius 2 is 1.94 bits per heavy atom. The Morgan fingerprint density at radius 1 is 1.24 bits per heavy atom. The van der Waals surface area contributed by atoms with Gasteiger partial charge in [-0.1, -0.05) is 13.8 Å². The number of hydrogen-bond donors (Lipinski definition) is 1. The molecule has 0 amide bonds. The van der Waals surface area contributed by atoms with Crippen LogP contribution in [0.15, 0.2) is 0 Å². The van der Waals surface area contributed by atoms with Gasteiger partial charge in [0.1, 0.15) is 0 Å². The molecule has 0 aliphatic carbocycles. The number of rotatable bonds is 6. The highest BCUT2D eigenvalue weighted by atomic mass is 15.3. The zero-order valence-electron chi connectivity index (χ0n) is 11.6. The van der Waals surface area contributed by atoms with Crippen molar-refractivity contribution in [3.63, 3.8) is 0 Å². The number of fused-ring (bicyclic) bond motifs is 2. The minimum Gasteiger partial charge on any atom is -0.329 e. The first-order chi connectivity index (χ1) is 8.26. The molecule has 2 bridgehead atoms. The van der Waals surface area contributed by atoms with Crippen LogP contribution < -0.4 is 5.73 Å². The molecule has 0 spiro atoms. The van der Waals surface area contributed by atoms with Crippen molar-refractivity contribution in [2.24, 2.45) is 11.7 Å². The molecular formula is C14H29N3. The molecule has 0 radical (unpaired) electrons. The molecule has 2 heterocycles. The first-order valence-electron chi connectivity index (χ1n) is 7.44. The lowest BCUT2D eigenvalue weighted by molar-refractivity contribution is 0.00754. The molecule has 3 atom stereocenters. The van der Waals surface area contributed by atoms with Crippen LogP contribution in [0.1, 0.15) is 39.5 Å². The van der Waals surface area contributed by atoms with E-state index in [2.05, 4.69) is 23.6 Å². The summed E-state index contributed by atoms with van der Waals surface area (Å²) in [6.07, 6.45) is 5.14. The van der Waals surface area contributed by atoms with Gasteiger partial charge in [0.2, 0.25) is 0 Å². The van der Waals surface area contributed by atoms with E-state index < -0.39 is 0 Å². The molecule has 3 heteroatoms. The Labute approximate surface area is 106 Å². The van der Waals surface area contributed by atoms with Crippen molar-refractivity contribution in [3.8, 4) is 0 Å². The normalized spacial score (nSPS) is 36.7. The Morgan fingerprint density at radius 3 is 2.53 bits per heavy atom. The second kappa shape index (κ2) is 5.68. The van der Waals surface area contributed by atoms with Crippen molar-refractivity contribution in [3.05, 3.63) is 0 Å². The maximum absolute atomic E-state index is 6.22. The van der Waals surface area contributed by atoms with Crippen molar-refractivity contribution in [1.29, 1.82) is 0 Å². The van der Waals surface area contributed by atoms with E-state index in [4.69, 9.17) is 5.73 Å². The highest BCUT2D eigenvalue weighted by Crippen LogP contribution is 2.39. The molecule has 2 aliphatic heterocycles. The van der Waals surface area contributed by atoms with Gasteiger partial charge < -0.3 is 10.6 Å². The van der Waals surface area contributed by atoms with Gasteiger partial charge in [-0.25, -0.2) is 0 Å². The second-order valence-electron chi connectivity index (χ2n) is 5.83. The van der Waals surface area contributed by atoms with Crippen LogP contribution in [-0.2, 0) is 0 Å². The summed E-state index contributed by atoms with van der Waals surface area (Å²) in [5.74, 6) is 0.819. The highest BCUT2D eigenvalue weighted by molar-refractivity contribution is 5.05. The summed E-state index contributed by atoms with van der Waals surface area (Å²) in [7, 11) is 0. The van der Waals surface area contributed by atoms with Crippen LogP contribution in [0.25, 0.3) is 0 Å². The van der Waals surface area contributed by atoms with E-state index >= 15 is 0 Å². The fourth-order valence-corrected chi connectivity index (χ4v) is 3.94. The molecule has 2 aliphatic rings. The van der Waals surface area contributed by atoms with Crippen molar-refractivity contribution in [2.45, 2.75) is 45.1 Å². The Balaban J connectivity index is 2.15. The maximum atomic E-state index is 6.22. The lowest BCUT2D eigenvalue weighted by Gasteiger charge is -2.50. The van der Waals surface area contributed by atoms with Crippen molar-refractivity contribution >= 4 is 0 Å². The number of nitrogens with zero attached hydrogens (tertiary/aromatic N) is 2. The topological polar surface area (TPSA) is 32.5 Å². The highest BCUT2D eigenvalue weighted by Gasteiger charge is 2.48. The molecular weight excluding hydrogens is 210 g/mol. The predicted molar refractivity (Wildman–Crippen MR) is 73.1 cm³/mol. The van der Waals surface area contributed by atoms with Gasteiger partial charge in [0.05, 0.1) is 0 Å². The zero-order chi connectivity index (χ0) is 12.3. The summed E-state index contributed by atoms with van der Waals surface area (Å²) in [4.78, 5) is 5.34. The van der Waals surface area contributed by atoms with Crippen LogP contribution in [0.3, 0.4) is 0 Å². The van der Waals surface area contributed by atoms with Gasteiger partial charge in [-0.05, 0) is 57.8 Å². The molecule has 2 rings (SSSR count). The second-order valence-corrected chi connectivity index (χ2v) is 5.83. The SMILES string of the molecule is CCCN(CCC)C1(CN)CCN2CCC1C2. The molecule has 100 valence electrons. The van der Waals surface area contributed by atoms with Crippen molar-refractivity contribution in [2.75, 3.05) is 39.3 Å². The van der Waals surface area contributed by atoms with Gasteiger partial charge in [-0.3, -0.25) is 4.90 Å². The molecule has 3 nitrogen and oxygen atoms in total. The summed E-state index contributed by atoms with van der Waals surface area (Å²) in [5.41, 5.74) is 6.54. The van der Waals surface area contributed by atoms with E-state index in [1.807, 2.05) is 0 Å². The summed E-state index contributed by atoms with van der Waals surface area (Å²) in [5, 5.41) is 0. The van der Waals surface area contributed by atoms with E-state index in [0.717, 1.165) is 12.5 Å². The molecule has 0 saturated carbocycles. The van der Waals surface area contributed by atoms with Gasteiger partial charge in [0, 0.05) is 18.6 Å². The fraction of sp³-hybridized carbons (Fsp3) is 1.00. The van der Waals surface area contributed by atoms with Gasteiger partial charge >= 0.3 is 0 Å². The molecule has 2 saturated heterocycles. The van der Waals surface area contributed by atoms with Crippen LogP contribution in [0.5, 0.6) is 0 Å². The third kappa shape index (κ3) is 2.38. The molecule has 0 aromatic heterocycles. The number of piperidine rings is 1. The summed E-state index contributed by atoms with van der Waals surface area (Å²) in [6.45, 7) is 11.7. The zero-order valence-corrected chi connectivity index (χ0v) is 11.6. The van der Waals surface area contributed by atoms with Crippen LogP contribution in [0.4, 0.5) is 0 Å². The molecule has 3 unspecified atom stereocenters. The minimum absolute atomic E-state index is 0.318. The Bertz CT molecular complexity index is 238. The quantitative estimate of drug-likeness (QED) is 0.763. The monoisotopic (exact) mass is 239 g/mol. The average molecular weight is 239 g/mol. The lowest BCUT2D eigenvalue weighted by atomic mass is 9.77. The van der Waals surface area contributed by atoms with E-state index in [-0.39, 0.29) is 0 Å². The van der Waals surface area contributed by atoms with E-state index in [9.17, 15) is 0 Å². The van der Waals surface area contributed by atoms with Crippen LogP contribution >= 0.6 is 0 Å². The van der Waals surface area contributed by atoms with Gasteiger partial charge in [-0.2, -0.15) is 0 Å². The van der Waals surface area contributed by atoms with Crippen molar-refractivity contribution in [1.82, 2.24) is 9.80 Å². The summed E-state index contributed by atoms with van der Waals surface area (Å²) >= 11 is 0. The van der Waals surface area contributed by atoms with Gasteiger partial charge in [-0.15, -0.1) is 0 Å². The summed E-state index contributed by atoms with van der Waals surface area (Å²) < 4.78 is 0. The smallest absolute Gasteiger partial charge is 0.0384 e. The third-order valence-corrected chi connectivity index (χ3v) is 4.86. The third-order valence-electron chi connectivity index (χ3n) is 4.86. The predicted octanol–water partition coefficient (Wildman–Crippen LogP) is 1.53. The number of nitrogens with two attached hydrogens (primary N) is 1. The van der Waals surface area contributed by atoms with Gasteiger partial charge in [0.15, 0.2) is 0 Å². The number of hydrogen-bond acceptors (Lipinski definition) is 3. The first-order valence-corrected chi connectivity index (χ1v) is 7.44.